The molecule has 0 spiro atoms. The number of nitrogens with zero attached hydrogens (tertiary/aromatic N) is 9. The molecule has 2 rings (SSSR count). The fourth-order valence-electron chi connectivity index (χ4n) is 2.67. The molecule has 2 aromatic heterocycles. The zero-order chi connectivity index (χ0) is 22.1. The molecule has 0 saturated carbocycles. The number of thioether (sulfide) groups is 1. The van der Waals surface area contributed by atoms with Crippen molar-refractivity contribution in [2.75, 3.05) is 23.2 Å². The van der Waals surface area contributed by atoms with E-state index < -0.39 is 5.41 Å². The van der Waals surface area contributed by atoms with E-state index >= 15 is 0 Å². The van der Waals surface area contributed by atoms with Crippen LogP contribution < -0.4 is 4.90 Å². The largest absolute Gasteiger partial charge is 0.296 e. The number of carbonyl (C=O) groups excluding carboxylic acids is 1. The number of anilines is 1. The van der Waals surface area contributed by atoms with Crippen LogP contribution in [0.2, 0.25) is 0 Å². The van der Waals surface area contributed by atoms with Gasteiger partial charge in [0.05, 0.1) is 17.0 Å². The summed E-state index contributed by atoms with van der Waals surface area (Å²) in [4.78, 5) is 29.2. The van der Waals surface area contributed by atoms with Crippen LogP contribution in [0.4, 0.5) is 5.00 Å². The summed E-state index contributed by atoms with van der Waals surface area (Å²) in [7, 11) is 0. The van der Waals surface area contributed by atoms with Crippen LogP contribution in [-0.2, 0) is 11.2 Å². The Morgan fingerprint density at radius 2 is 2.03 bits per heavy atom. The lowest BCUT2D eigenvalue weighted by Crippen LogP contribution is -2.42. The minimum atomic E-state index is -0.763. The highest BCUT2D eigenvalue weighted by Crippen LogP contribution is 2.37. The van der Waals surface area contributed by atoms with E-state index in [4.69, 9.17) is 11.1 Å². The van der Waals surface area contributed by atoms with Crippen LogP contribution in [0.1, 0.15) is 32.0 Å². The zero-order valence-electron chi connectivity index (χ0n) is 17.3. The van der Waals surface area contributed by atoms with Crippen LogP contribution in [0.3, 0.4) is 0 Å². The number of azide groups is 2. The maximum Gasteiger partial charge on any atom is 0.234 e. The molecule has 0 bridgehead atoms. The third-order valence-electron chi connectivity index (χ3n) is 4.23. The molecule has 158 valence electrons. The number of aromatic nitrogens is 2. The number of amides is 1. The first-order valence-corrected chi connectivity index (χ1v) is 11.1. The van der Waals surface area contributed by atoms with Gasteiger partial charge in [0.1, 0.15) is 16.7 Å². The maximum absolute atomic E-state index is 13.3. The molecule has 0 aromatic carbocycles. The normalized spacial score (nSPS) is 10.8. The summed E-state index contributed by atoms with van der Waals surface area (Å²) in [6, 6.07) is 2.03. The smallest absolute Gasteiger partial charge is 0.234 e. The van der Waals surface area contributed by atoms with E-state index in [0.717, 1.165) is 22.6 Å². The first kappa shape index (κ1) is 23.5. The second kappa shape index (κ2) is 10.8. The van der Waals surface area contributed by atoms with Gasteiger partial charge in [-0.1, -0.05) is 42.3 Å². The van der Waals surface area contributed by atoms with Crippen molar-refractivity contribution >= 4 is 34.0 Å². The standard InChI is InChI=1S/C18H23N9OS2/c1-5-13-6-14(8-21-7-13)15-24-12(2)16(30-15)27(10-22-25-19)17(28)18(3,4)9-29-11-23-26-20/h6-8H,5,9-11H2,1-4H3. The van der Waals surface area contributed by atoms with Gasteiger partial charge < -0.3 is 0 Å². The second-order valence-electron chi connectivity index (χ2n) is 7.04. The highest BCUT2D eigenvalue weighted by molar-refractivity contribution is 7.99. The minimum Gasteiger partial charge on any atom is -0.296 e. The van der Waals surface area contributed by atoms with Gasteiger partial charge >= 0.3 is 0 Å². The highest BCUT2D eigenvalue weighted by Gasteiger charge is 2.34. The molecule has 10 nitrogen and oxygen atoms in total. The number of hydrogen-bond acceptors (Lipinski definition) is 7. The molecule has 0 atom stereocenters. The molecular weight excluding hydrogens is 422 g/mol. The molecule has 0 aliphatic carbocycles. The molecule has 0 saturated heterocycles. The molecule has 12 heteroatoms. The maximum atomic E-state index is 13.3. The van der Waals surface area contributed by atoms with Crippen molar-refractivity contribution in [2.24, 2.45) is 15.6 Å². The highest BCUT2D eigenvalue weighted by atomic mass is 32.2. The lowest BCUT2D eigenvalue weighted by molar-refractivity contribution is -0.125. The molecule has 0 aliphatic rings. The van der Waals surface area contributed by atoms with Crippen molar-refractivity contribution in [3.05, 3.63) is 50.6 Å². The molecule has 30 heavy (non-hydrogen) atoms. The Morgan fingerprint density at radius 3 is 2.70 bits per heavy atom. The van der Waals surface area contributed by atoms with E-state index in [2.05, 4.69) is 36.9 Å². The van der Waals surface area contributed by atoms with Crippen molar-refractivity contribution in [3.8, 4) is 10.6 Å². The summed E-state index contributed by atoms with van der Waals surface area (Å²) >= 11 is 2.73. The average molecular weight is 446 g/mol. The van der Waals surface area contributed by atoms with Crippen LogP contribution >= 0.6 is 23.1 Å². The van der Waals surface area contributed by atoms with Crippen molar-refractivity contribution in [1.29, 1.82) is 0 Å². The van der Waals surface area contributed by atoms with Crippen molar-refractivity contribution < 1.29 is 4.79 Å². The molecule has 0 aliphatic heterocycles. The Balaban J connectivity index is 2.36. The summed E-state index contributed by atoms with van der Waals surface area (Å²) in [6.07, 6.45) is 4.43. The van der Waals surface area contributed by atoms with Gasteiger partial charge in [-0.15, -0.1) is 0 Å². The van der Waals surface area contributed by atoms with Crippen LogP contribution in [0.5, 0.6) is 0 Å². The van der Waals surface area contributed by atoms with Gasteiger partial charge in [0.15, 0.2) is 0 Å². The van der Waals surface area contributed by atoms with E-state index in [1.165, 1.54) is 28.0 Å². The first-order valence-electron chi connectivity index (χ1n) is 9.17. The van der Waals surface area contributed by atoms with Crippen molar-refractivity contribution in [3.63, 3.8) is 0 Å². The predicted molar refractivity (Wildman–Crippen MR) is 121 cm³/mol. The fraction of sp³-hybridized carbons (Fsp3) is 0.500. The van der Waals surface area contributed by atoms with Crippen LogP contribution in [0, 0.1) is 12.3 Å². The van der Waals surface area contributed by atoms with E-state index in [9.17, 15) is 4.79 Å². The summed E-state index contributed by atoms with van der Waals surface area (Å²) in [6.45, 7) is 7.38. The van der Waals surface area contributed by atoms with E-state index in [-0.39, 0.29) is 18.5 Å². The molecule has 2 heterocycles. The Bertz CT molecular complexity index is 991. The number of pyridine rings is 1. The number of hydrogen-bond donors (Lipinski definition) is 0. The predicted octanol–water partition coefficient (Wildman–Crippen LogP) is 5.70. The SMILES string of the molecule is CCc1cncc(-c2nc(C)c(N(CN=[N+]=[N-])C(=O)C(C)(C)CSCN=[N+]=[N-])s2)c1. The van der Waals surface area contributed by atoms with Gasteiger partial charge in [-0.25, -0.2) is 4.98 Å². The van der Waals surface area contributed by atoms with Crippen LogP contribution in [-0.4, -0.2) is 34.2 Å². The molecule has 2 aromatic rings. The van der Waals surface area contributed by atoms with Gasteiger partial charge in [0, 0.05) is 33.5 Å². The third-order valence-corrected chi connectivity index (χ3v) is 6.69. The number of rotatable bonds is 10. The molecule has 0 fully saturated rings. The molecule has 0 unspecified atom stereocenters. The zero-order valence-corrected chi connectivity index (χ0v) is 18.9. The van der Waals surface area contributed by atoms with E-state index in [1.54, 1.807) is 6.20 Å². The number of aryl methyl sites for hydroxylation is 2. The van der Waals surface area contributed by atoms with Gasteiger partial charge in [-0.3, -0.25) is 14.7 Å². The quantitative estimate of drug-likeness (QED) is 0.200. The molecule has 0 N–H and O–H groups in total. The second-order valence-corrected chi connectivity index (χ2v) is 8.98. The molecule has 1 amide bonds. The monoisotopic (exact) mass is 445 g/mol. The average Bonchev–Trinajstić information content (AvgIpc) is 3.13. The molecular formula is C18H23N9OS2. The van der Waals surface area contributed by atoms with Crippen LogP contribution in [0.25, 0.3) is 31.5 Å². The first-order chi connectivity index (χ1) is 14.3. The summed E-state index contributed by atoms with van der Waals surface area (Å²) in [5.41, 5.74) is 19.1. The number of thiazole rings is 1. The van der Waals surface area contributed by atoms with Crippen LogP contribution in [0.15, 0.2) is 28.7 Å². The Morgan fingerprint density at radius 1 is 1.30 bits per heavy atom. The number of carbonyl (C=O) groups is 1. The Labute approximate surface area is 183 Å². The lowest BCUT2D eigenvalue weighted by atomic mass is 9.94. The van der Waals surface area contributed by atoms with E-state index in [0.29, 0.717) is 16.4 Å². The minimum absolute atomic E-state index is 0.129. The fourth-order valence-corrected chi connectivity index (χ4v) is 4.56. The summed E-state index contributed by atoms with van der Waals surface area (Å²) in [5, 5.41) is 8.50. The van der Waals surface area contributed by atoms with Crippen molar-refractivity contribution in [1.82, 2.24) is 9.97 Å². The lowest BCUT2D eigenvalue weighted by Gasteiger charge is -2.30. The van der Waals surface area contributed by atoms with Crippen molar-refractivity contribution in [2.45, 2.75) is 34.1 Å². The van der Waals surface area contributed by atoms with Gasteiger partial charge in [-0.2, -0.15) is 11.8 Å². The Hall–Kier alpha value is -2.78. The topological polar surface area (TPSA) is 144 Å². The summed E-state index contributed by atoms with van der Waals surface area (Å²) in [5.74, 6) is 0.501. The van der Waals surface area contributed by atoms with Gasteiger partial charge in [0.25, 0.3) is 0 Å². The van der Waals surface area contributed by atoms with Gasteiger partial charge in [0.2, 0.25) is 5.91 Å². The Kier molecular flexibility index (Phi) is 8.49. The van der Waals surface area contributed by atoms with Gasteiger partial charge in [-0.05, 0) is 36.0 Å². The summed E-state index contributed by atoms with van der Waals surface area (Å²) < 4.78 is 0. The molecule has 0 radical (unpaired) electrons. The van der Waals surface area contributed by atoms with E-state index in [1.807, 2.05) is 33.0 Å². The third kappa shape index (κ3) is 5.87.